The first kappa shape index (κ1) is 7.65. The zero-order chi connectivity index (χ0) is 8.55. The highest BCUT2D eigenvalue weighted by Crippen LogP contribution is 2.25. The van der Waals surface area contributed by atoms with Crippen molar-refractivity contribution >= 4 is 5.69 Å². The molecule has 2 rings (SSSR count). The van der Waals surface area contributed by atoms with Gasteiger partial charge in [-0.05, 0) is 19.3 Å². The largest absolute Gasteiger partial charge is 0.382 e. The van der Waals surface area contributed by atoms with Crippen LogP contribution in [0.25, 0.3) is 0 Å². The van der Waals surface area contributed by atoms with Crippen LogP contribution in [0.4, 0.5) is 5.69 Å². The first-order chi connectivity index (χ1) is 5.83. The summed E-state index contributed by atoms with van der Waals surface area (Å²) in [5, 5.41) is 7.88. The Bertz CT molecular complexity index is 288. The van der Waals surface area contributed by atoms with E-state index in [1.165, 1.54) is 29.9 Å². The molecule has 0 bridgehead atoms. The van der Waals surface area contributed by atoms with Crippen molar-refractivity contribution in [3.63, 3.8) is 0 Å². The van der Waals surface area contributed by atoms with Crippen molar-refractivity contribution in [2.24, 2.45) is 7.05 Å². The maximum Gasteiger partial charge on any atom is 0.0856 e. The van der Waals surface area contributed by atoms with E-state index in [-0.39, 0.29) is 0 Å². The number of aromatic nitrogens is 2. The molecule has 3 heteroatoms. The molecule has 0 saturated carbocycles. The molecule has 0 radical (unpaired) electrons. The van der Waals surface area contributed by atoms with Crippen LogP contribution in [0.5, 0.6) is 0 Å². The number of hydrogen-bond acceptors (Lipinski definition) is 2. The molecule has 3 nitrogen and oxygen atoms in total. The number of fused-ring (bicyclic) bond motifs is 1. The van der Waals surface area contributed by atoms with E-state index in [9.17, 15) is 0 Å². The van der Waals surface area contributed by atoms with Crippen LogP contribution in [-0.4, -0.2) is 16.3 Å². The predicted octanol–water partition coefficient (Wildman–Crippen LogP) is 1.34. The van der Waals surface area contributed by atoms with Gasteiger partial charge >= 0.3 is 0 Å². The number of anilines is 1. The third-order valence-electron chi connectivity index (χ3n) is 2.47. The summed E-state index contributed by atoms with van der Waals surface area (Å²) in [6.45, 7) is 3.25. The van der Waals surface area contributed by atoms with Crippen LogP contribution in [0.15, 0.2) is 0 Å². The van der Waals surface area contributed by atoms with E-state index >= 15 is 0 Å². The molecule has 0 amide bonds. The molecule has 1 aromatic heterocycles. The Kier molecular flexibility index (Phi) is 1.79. The van der Waals surface area contributed by atoms with E-state index in [0.717, 1.165) is 13.0 Å². The lowest BCUT2D eigenvalue weighted by Gasteiger charge is -2.14. The maximum atomic E-state index is 4.46. The molecule has 1 N–H and O–H groups in total. The minimum Gasteiger partial charge on any atom is -0.382 e. The number of hydrogen-bond donors (Lipinski definition) is 1. The number of nitrogens with one attached hydrogen (secondary N) is 1. The van der Waals surface area contributed by atoms with E-state index < -0.39 is 0 Å². The van der Waals surface area contributed by atoms with Gasteiger partial charge in [0, 0.05) is 13.6 Å². The summed E-state index contributed by atoms with van der Waals surface area (Å²) in [6, 6.07) is 0. The van der Waals surface area contributed by atoms with E-state index in [0.29, 0.717) is 0 Å². The summed E-state index contributed by atoms with van der Waals surface area (Å²) in [7, 11) is 2.03. The molecule has 12 heavy (non-hydrogen) atoms. The molecule has 0 spiro atoms. The monoisotopic (exact) mass is 165 g/mol. The molecule has 1 aliphatic rings. The van der Waals surface area contributed by atoms with Gasteiger partial charge in [-0.1, -0.05) is 6.92 Å². The van der Waals surface area contributed by atoms with Gasteiger partial charge in [-0.3, -0.25) is 4.68 Å². The molecule has 0 saturated heterocycles. The zero-order valence-electron chi connectivity index (χ0n) is 7.72. The number of aryl methyl sites for hydroxylation is 2. The van der Waals surface area contributed by atoms with Crippen molar-refractivity contribution < 1.29 is 0 Å². The fourth-order valence-electron chi connectivity index (χ4n) is 1.83. The van der Waals surface area contributed by atoms with E-state index in [2.05, 4.69) is 17.3 Å². The van der Waals surface area contributed by atoms with Crippen LogP contribution in [0.1, 0.15) is 24.7 Å². The first-order valence-corrected chi connectivity index (χ1v) is 4.61. The van der Waals surface area contributed by atoms with Gasteiger partial charge in [-0.15, -0.1) is 0 Å². The van der Waals surface area contributed by atoms with Crippen molar-refractivity contribution in [1.29, 1.82) is 0 Å². The summed E-state index contributed by atoms with van der Waals surface area (Å²) >= 11 is 0. The lowest BCUT2D eigenvalue weighted by molar-refractivity contribution is 0.676. The van der Waals surface area contributed by atoms with Crippen LogP contribution in [-0.2, 0) is 19.9 Å². The highest BCUT2D eigenvalue weighted by molar-refractivity contribution is 5.54. The second-order valence-corrected chi connectivity index (χ2v) is 3.28. The van der Waals surface area contributed by atoms with Gasteiger partial charge in [0.2, 0.25) is 0 Å². The van der Waals surface area contributed by atoms with Gasteiger partial charge in [0.15, 0.2) is 0 Å². The van der Waals surface area contributed by atoms with E-state index in [1.807, 2.05) is 11.7 Å². The molecule has 0 atom stereocenters. The van der Waals surface area contributed by atoms with Crippen LogP contribution in [0.2, 0.25) is 0 Å². The second-order valence-electron chi connectivity index (χ2n) is 3.28. The summed E-state index contributed by atoms with van der Waals surface area (Å²) in [4.78, 5) is 0. The quantitative estimate of drug-likeness (QED) is 0.680. The minimum atomic E-state index is 1.02. The third kappa shape index (κ3) is 1.00. The third-order valence-corrected chi connectivity index (χ3v) is 2.47. The van der Waals surface area contributed by atoms with Crippen LogP contribution >= 0.6 is 0 Å². The van der Waals surface area contributed by atoms with Gasteiger partial charge in [0.05, 0.1) is 17.1 Å². The SMILES string of the molecule is CCc1nn(C)c2c1NCCC2. The Balaban J connectivity index is 2.47. The highest BCUT2D eigenvalue weighted by atomic mass is 15.3. The summed E-state index contributed by atoms with van der Waals surface area (Å²) in [6.07, 6.45) is 3.43. The van der Waals surface area contributed by atoms with Crippen molar-refractivity contribution in [3.8, 4) is 0 Å². The summed E-state index contributed by atoms with van der Waals surface area (Å²) in [5.74, 6) is 0. The first-order valence-electron chi connectivity index (χ1n) is 4.61. The van der Waals surface area contributed by atoms with Gasteiger partial charge < -0.3 is 5.32 Å². The van der Waals surface area contributed by atoms with Gasteiger partial charge in [0.1, 0.15) is 0 Å². The van der Waals surface area contributed by atoms with Crippen LogP contribution in [0.3, 0.4) is 0 Å². The Morgan fingerprint density at radius 1 is 1.58 bits per heavy atom. The molecular weight excluding hydrogens is 150 g/mol. The lowest BCUT2D eigenvalue weighted by Crippen LogP contribution is -2.13. The molecule has 66 valence electrons. The van der Waals surface area contributed by atoms with Gasteiger partial charge in [-0.25, -0.2) is 0 Å². The van der Waals surface area contributed by atoms with Crippen LogP contribution < -0.4 is 5.32 Å². The van der Waals surface area contributed by atoms with E-state index in [4.69, 9.17) is 0 Å². The Hall–Kier alpha value is -0.990. The van der Waals surface area contributed by atoms with Crippen LogP contribution in [0, 0.1) is 0 Å². The molecule has 0 fully saturated rings. The maximum absolute atomic E-state index is 4.46. The van der Waals surface area contributed by atoms with Crippen molar-refractivity contribution in [2.75, 3.05) is 11.9 Å². The molecule has 0 unspecified atom stereocenters. The topological polar surface area (TPSA) is 29.9 Å². The molecule has 0 aliphatic carbocycles. The second kappa shape index (κ2) is 2.81. The molecule has 1 aromatic rings. The average molecular weight is 165 g/mol. The van der Waals surface area contributed by atoms with Gasteiger partial charge in [0.25, 0.3) is 0 Å². The Morgan fingerprint density at radius 3 is 3.17 bits per heavy atom. The fraction of sp³-hybridized carbons (Fsp3) is 0.667. The molecule has 0 aromatic carbocycles. The number of rotatable bonds is 1. The number of nitrogens with zero attached hydrogens (tertiary/aromatic N) is 2. The standard InChI is InChI=1S/C9H15N3/c1-3-7-9-8(12(2)11-7)5-4-6-10-9/h10H,3-6H2,1-2H3. The molecular formula is C9H15N3. The highest BCUT2D eigenvalue weighted by Gasteiger charge is 2.17. The fourth-order valence-corrected chi connectivity index (χ4v) is 1.83. The minimum absolute atomic E-state index is 1.02. The van der Waals surface area contributed by atoms with Crippen molar-refractivity contribution in [3.05, 3.63) is 11.4 Å². The Morgan fingerprint density at radius 2 is 2.42 bits per heavy atom. The Labute approximate surface area is 72.8 Å². The summed E-state index contributed by atoms with van der Waals surface area (Å²) < 4.78 is 2.01. The zero-order valence-corrected chi connectivity index (χ0v) is 7.72. The molecule has 1 aliphatic heterocycles. The van der Waals surface area contributed by atoms with Crippen molar-refractivity contribution in [1.82, 2.24) is 9.78 Å². The van der Waals surface area contributed by atoms with Crippen molar-refractivity contribution in [2.45, 2.75) is 26.2 Å². The normalized spacial score (nSPS) is 15.5. The van der Waals surface area contributed by atoms with Gasteiger partial charge in [-0.2, -0.15) is 5.10 Å². The van der Waals surface area contributed by atoms with E-state index in [1.54, 1.807) is 0 Å². The smallest absolute Gasteiger partial charge is 0.0856 e. The predicted molar refractivity (Wildman–Crippen MR) is 49.4 cm³/mol. The molecule has 2 heterocycles. The lowest BCUT2D eigenvalue weighted by atomic mass is 10.1. The average Bonchev–Trinajstić information content (AvgIpc) is 2.44. The summed E-state index contributed by atoms with van der Waals surface area (Å²) in [5.41, 5.74) is 3.89.